The number of aliphatic imine (C=N–C) groups is 1. The first-order valence-electron chi connectivity index (χ1n) is 10.3. The van der Waals surface area contributed by atoms with Gasteiger partial charge in [-0.2, -0.15) is 0 Å². The number of carbonyl (C=O) groups excluding carboxylic acids is 2. The zero-order chi connectivity index (χ0) is 21.0. The smallest absolute Gasteiger partial charge is 0.311 e. The Labute approximate surface area is 177 Å². The molecule has 1 saturated carbocycles. The standard InChI is InChI=1S/C21H30N4O2SSi/c1-20(2)15-12-22-17(24-18(26)21(9-7-10-21)29(3,4)5)14(15)13-25(20)19(27)23-16-8-6-11-28-16/h6,8,11H,7,9-10,12-13H2,1-5H3,(H,23,27)(H,22,24,26). The van der Waals surface area contributed by atoms with Crippen molar-refractivity contribution < 1.29 is 9.59 Å². The summed E-state index contributed by atoms with van der Waals surface area (Å²) in [5.74, 6) is 0.809. The van der Waals surface area contributed by atoms with Crippen molar-refractivity contribution in [3.8, 4) is 0 Å². The molecule has 2 aliphatic heterocycles. The SMILES string of the molecule is CC1(C)C2=C(CN1C(=O)Nc1cccs1)C(NC(=O)C1([Si](C)(C)C)CCC1)=NC2. The summed E-state index contributed by atoms with van der Waals surface area (Å²) in [5.41, 5.74) is 1.71. The van der Waals surface area contributed by atoms with Gasteiger partial charge in [-0.05, 0) is 49.8 Å². The summed E-state index contributed by atoms with van der Waals surface area (Å²) in [6.45, 7) is 12.0. The van der Waals surface area contributed by atoms with Crippen molar-refractivity contribution in [1.82, 2.24) is 10.2 Å². The van der Waals surface area contributed by atoms with Crippen LogP contribution in [0.3, 0.4) is 0 Å². The van der Waals surface area contributed by atoms with Crippen molar-refractivity contribution in [2.45, 2.75) is 63.3 Å². The van der Waals surface area contributed by atoms with E-state index < -0.39 is 13.6 Å². The second-order valence-corrected chi connectivity index (χ2v) is 16.2. The minimum atomic E-state index is -1.65. The molecule has 3 aliphatic rings. The van der Waals surface area contributed by atoms with E-state index in [4.69, 9.17) is 0 Å². The fourth-order valence-corrected chi connectivity index (χ4v) is 7.99. The van der Waals surface area contributed by atoms with E-state index in [2.05, 4.69) is 49.1 Å². The number of thiophene rings is 1. The van der Waals surface area contributed by atoms with Crippen LogP contribution < -0.4 is 10.6 Å². The number of hydrogen-bond donors (Lipinski definition) is 2. The Balaban J connectivity index is 1.50. The molecule has 0 radical (unpaired) electrons. The highest BCUT2D eigenvalue weighted by atomic mass is 32.1. The molecule has 29 heavy (non-hydrogen) atoms. The number of rotatable bonds is 3. The van der Waals surface area contributed by atoms with E-state index in [0.29, 0.717) is 18.9 Å². The quantitative estimate of drug-likeness (QED) is 0.695. The van der Waals surface area contributed by atoms with E-state index in [9.17, 15) is 9.59 Å². The molecule has 0 bridgehead atoms. The zero-order valence-corrected chi connectivity index (χ0v) is 19.7. The van der Waals surface area contributed by atoms with E-state index in [1.165, 1.54) is 11.3 Å². The average molecular weight is 431 g/mol. The Hall–Kier alpha value is -1.93. The summed E-state index contributed by atoms with van der Waals surface area (Å²) in [6.07, 6.45) is 3.09. The van der Waals surface area contributed by atoms with Crippen LogP contribution in [0.15, 0.2) is 33.7 Å². The fraction of sp³-hybridized carbons (Fsp3) is 0.571. The van der Waals surface area contributed by atoms with Crippen molar-refractivity contribution in [3.63, 3.8) is 0 Å². The van der Waals surface area contributed by atoms with Crippen LogP contribution in [0.1, 0.15) is 33.1 Å². The maximum atomic E-state index is 13.3. The summed E-state index contributed by atoms with van der Waals surface area (Å²) in [6, 6.07) is 3.70. The molecule has 1 aliphatic carbocycles. The normalized spacial score (nSPS) is 22.1. The highest BCUT2D eigenvalue weighted by molar-refractivity contribution is 7.14. The molecule has 0 unspecified atom stereocenters. The average Bonchev–Trinajstić information content (AvgIpc) is 3.24. The lowest BCUT2D eigenvalue weighted by Crippen LogP contribution is -2.55. The first-order chi connectivity index (χ1) is 13.6. The number of amidine groups is 1. The molecule has 156 valence electrons. The molecule has 1 aromatic rings. The molecule has 1 fully saturated rings. The predicted octanol–water partition coefficient (Wildman–Crippen LogP) is 4.46. The minimum absolute atomic E-state index is 0.116. The molecule has 3 amide bonds. The van der Waals surface area contributed by atoms with Crippen molar-refractivity contribution in [1.29, 1.82) is 0 Å². The van der Waals surface area contributed by atoms with E-state index in [-0.39, 0.29) is 17.0 Å². The van der Waals surface area contributed by atoms with Crippen LogP contribution in [-0.2, 0) is 4.79 Å². The van der Waals surface area contributed by atoms with Crippen LogP contribution in [0, 0.1) is 0 Å². The monoisotopic (exact) mass is 430 g/mol. The van der Waals surface area contributed by atoms with Gasteiger partial charge in [-0.1, -0.05) is 26.1 Å². The highest BCUT2D eigenvalue weighted by Gasteiger charge is 2.54. The van der Waals surface area contributed by atoms with Gasteiger partial charge >= 0.3 is 6.03 Å². The van der Waals surface area contributed by atoms with Crippen molar-refractivity contribution in [2.24, 2.45) is 4.99 Å². The molecule has 8 heteroatoms. The summed E-state index contributed by atoms with van der Waals surface area (Å²) in [5, 5.41) is 8.74. The molecule has 1 aromatic heterocycles. The van der Waals surface area contributed by atoms with Crippen molar-refractivity contribution in [3.05, 3.63) is 28.7 Å². The Morgan fingerprint density at radius 2 is 1.93 bits per heavy atom. The van der Waals surface area contributed by atoms with Gasteiger partial charge in [0, 0.05) is 10.6 Å². The first-order valence-corrected chi connectivity index (χ1v) is 14.7. The van der Waals surface area contributed by atoms with Gasteiger partial charge in [0.15, 0.2) is 0 Å². The number of anilines is 1. The molecule has 6 nitrogen and oxygen atoms in total. The maximum Gasteiger partial charge on any atom is 0.323 e. The molecular weight excluding hydrogens is 400 g/mol. The molecule has 2 N–H and O–H groups in total. The Morgan fingerprint density at radius 1 is 1.21 bits per heavy atom. The lowest BCUT2D eigenvalue weighted by atomic mass is 9.83. The number of nitrogens with one attached hydrogen (secondary N) is 2. The second-order valence-electron chi connectivity index (χ2n) is 9.81. The van der Waals surface area contributed by atoms with Gasteiger partial charge in [0.05, 0.1) is 31.7 Å². The van der Waals surface area contributed by atoms with Gasteiger partial charge in [-0.15, -0.1) is 11.3 Å². The van der Waals surface area contributed by atoms with E-state index in [1.54, 1.807) is 0 Å². The van der Waals surface area contributed by atoms with E-state index in [1.807, 2.05) is 22.4 Å². The molecule has 0 aromatic carbocycles. The predicted molar refractivity (Wildman–Crippen MR) is 121 cm³/mol. The summed E-state index contributed by atoms with van der Waals surface area (Å²) in [4.78, 5) is 32.7. The van der Waals surface area contributed by atoms with Crippen LogP contribution >= 0.6 is 11.3 Å². The second kappa shape index (κ2) is 6.80. The highest BCUT2D eigenvalue weighted by Crippen LogP contribution is 2.55. The van der Waals surface area contributed by atoms with Gasteiger partial charge in [0.25, 0.3) is 0 Å². The molecule has 0 spiro atoms. The Bertz CT molecular complexity index is 908. The number of carbonyl (C=O) groups is 2. The van der Waals surface area contributed by atoms with Gasteiger partial charge in [0.1, 0.15) is 5.84 Å². The third kappa shape index (κ3) is 3.17. The summed E-state index contributed by atoms with van der Waals surface area (Å²) < 4.78 is 0. The number of hydrogen-bond acceptors (Lipinski definition) is 4. The largest absolute Gasteiger partial charge is 0.323 e. The summed E-state index contributed by atoms with van der Waals surface area (Å²) in [7, 11) is -1.65. The van der Waals surface area contributed by atoms with Crippen molar-refractivity contribution >= 4 is 42.2 Å². The third-order valence-electron chi connectivity index (χ3n) is 7.08. The Morgan fingerprint density at radius 3 is 2.48 bits per heavy atom. The number of nitrogens with zero attached hydrogens (tertiary/aromatic N) is 2. The van der Waals surface area contributed by atoms with Crippen LogP contribution in [0.2, 0.25) is 24.7 Å². The van der Waals surface area contributed by atoms with Crippen LogP contribution in [0.4, 0.5) is 9.80 Å². The third-order valence-corrected chi connectivity index (χ3v) is 11.5. The molecule has 3 heterocycles. The lowest BCUT2D eigenvalue weighted by Gasteiger charge is -2.49. The summed E-state index contributed by atoms with van der Waals surface area (Å²) >= 11 is 1.51. The van der Waals surface area contributed by atoms with Gasteiger partial charge in [-0.3, -0.25) is 15.1 Å². The number of urea groups is 1. The van der Waals surface area contributed by atoms with E-state index in [0.717, 1.165) is 35.4 Å². The first kappa shape index (κ1) is 20.3. The maximum absolute atomic E-state index is 13.3. The van der Waals surface area contributed by atoms with Crippen LogP contribution in [0.5, 0.6) is 0 Å². The Kier molecular flexibility index (Phi) is 4.77. The molecule has 0 saturated heterocycles. The number of amides is 3. The van der Waals surface area contributed by atoms with Gasteiger partial charge in [-0.25, -0.2) is 4.79 Å². The topological polar surface area (TPSA) is 73.8 Å². The molecular formula is C21H30N4O2SSi. The fourth-order valence-electron chi connectivity index (χ4n) is 4.78. The zero-order valence-electron chi connectivity index (χ0n) is 17.9. The van der Waals surface area contributed by atoms with Gasteiger partial charge in [0.2, 0.25) is 5.91 Å². The van der Waals surface area contributed by atoms with E-state index >= 15 is 0 Å². The van der Waals surface area contributed by atoms with Gasteiger partial charge < -0.3 is 10.2 Å². The lowest BCUT2D eigenvalue weighted by molar-refractivity contribution is -0.125. The minimum Gasteiger partial charge on any atom is -0.311 e. The van der Waals surface area contributed by atoms with Crippen LogP contribution in [-0.4, -0.2) is 49.4 Å². The van der Waals surface area contributed by atoms with Crippen LogP contribution in [0.25, 0.3) is 0 Å². The molecule has 4 rings (SSSR count). The molecule has 0 atom stereocenters. The van der Waals surface area contributed by atoms with Crippen molar-refractivity contribution in [2.75, 3.05) is 18.4 Å².